The molecule has 2 heterocycles. The first-order valence-corrected chi connectivity index (χ1v) is 10.9. The summed E-state index contributed by atoms with van der Waals surface area (Å²) in [6.45, 7) is 1.37. The van der Waals surface area contributed by atoms with E-state index in [2.05, 4.69) is 10.3 Å². The molecule has 1 aromatic heterocycles. The third-order valence-electron chi connectivity index (χ3n) is 4.59. The minimum Gasteiger partial charge on any atom is -0.462 e. The number of rotatable bonds is 6. The average molecular weight is 442 g/mol. The molecule has 2 aromatic rings. The van der Waals surface area contributed by atoms with Crippen molar-refractivity contribution in [3.05, 3.63) is 30.3 Å². The van der Waals surface area contributed by atoms with Crippen LogP contribution in [0.3, 0.4) is 0 Å². The van der Waals surface area contributed by atoms with Gasteiger partial charge in [0.05, 0.1) is 17.8 Å². The number of nitrogens with zero attached hydrogens (tertiary/aromatic N) is 1. The summed E-state index contributed by atoms with van der Waals surface area (Å²) in [7, 11) is -4.33. The lowest BCUT2D eigenvalue weighted by Gasteiger charge is -2.40. The molecule has 11 nitrogen and oxygen atoms in total. The van der Waals surface area contributed by atoms with Gasteiger partial charge in [0.2, 0.25) is 12.2 Å². The van der Waals surface area contributed by atoms with E-state index in [1.807, 2.05) is 0 Å². The topological polar surface area (TPSA) is 179 Å². The first-order valence-electron chi connectivity index (χ1n) is 9.13. The monoisotopic (exact) mass is 442 g/mol. The van der Waals surface area contributed by atoms with E-state index in [-0.39, 0.29) is 18.1 Å². The van der Waals surface area contributed by atoms with Gasteiger partial charge in [0.1, 0.15) is 29.9 Å². The minimum atomic E-state index is -4.33. The van der Waals surface area contributed by atoms with Crippen LogP contribution in [-0.4, -0.2) is 72.9 Å². The SMILES string of the molecule is CC(=O)Nc1ccc2cc(O[C@H]3O[C@H](CCP(=O)(O)O)[C@@H](O)[C@H](O)[C@@H]3O)ccc2n1. The summed E-state index contributed by atoms with van der Waals surface area (Å²) in [5, 5.41) is 33.5. The highest BCUT2D eigenvalue weighted by molar-refractivity contribution is 7.51. The second kappa shape index (κ2) is 8.94. The Balaban J connectivity index is 1.75. The Hall–Kier alpha value is -2.11. The molecule has 5 atom stereocenters. The number of pyridine rings is 1. The summed E-state index contributed by atoms with van der Waals surface area (Å²) in [5.41, 5.74) is 0.577. The van der Waals surface area contributed by atoms with Crippen LogP contribution in [0, 0.1) is 0 Å². The molecule has 0 bridgehead atoms. The maximum absolute atomic E-state index is 11.1. The molecule has 1 fully saturated rings. The van der Waals surface area contributed by atoms with Gasteiger partial charge < -0.3 is 39.9 Å². The highest BCUT2D eigenvalue weighted by Gasteiger charge is 2.45. The van der Waals surface area contributed by atoms with Crippen LogP contribution in [0.1, 0.15) is 13.3 Å². The van der Waals surface area contributed by atoms with E-state index < -0.39 is 44.5 Å². The Bertz CT molecular complexity index is 966. The van der Waals surface area contributed by atoms with Crippen molar-refractivity contribution in [3.8, 4) is 5.75 Å². The Labute approximate surface area is 171 Å². The van der Waals surface area contributed by atoms with Crippen molar-refractivity contribution in [2.24, 2.45) is 0 Å². The van der Waals surface area contributed by atoms with Crippen LogP contribution in [0.15, 0.2) is 30.3 Å². The van der Waals surface area contributed by atoms with E-state index in [9.17, 15) is 24.7 Å². The van der Waals surface area contributed by atoms with Crippen LogP contribution in [0.25, 0.3) is 10.9 Å². The molecule has 1 aromatic carbocycles. The molecule has 1 aliphatic rings. The lowest BCUT2D eigenvalue weighted by molar-refractivity contribution is -0.272. The molecule has 0 saturated carbocycles. The van der Waals surface area contributed by atoms with Gasteiger partial charge in [0.15, 0.2) is 0 Å². The van der Waals surface area contributed by atoms with Gasteiger partial charge in [-0.1, -0.05) is 0 Å². The van der Waals surface area contributed by atoms with Gasteiger partial charge in [0.25, 0.3) is 0 Å². The van der Waals surface area contributed by atoms with E-state index in [0.717, 1.165) is 0 Å². The molecule has 3 rings (SSSR count). The standard InChI is InChI=1S/C18H23N2O9P/c1-9(21)19-14-5-2-10-8-11(3-4-12(10)20-14)28-18-17(24)16(23)15(22)13(29-18)6-7-30(25,26)27/h2-5,8,13,15-18,22-24H,6-7H2,1H3,(H,19,20,21)(H2,25,26,27)/t13-,15-,16+,17+,18+/m1/s1. The van der Waals surface area contributed by atoms with Crippen molar-refractivity contribution in [2.75, 3.05) is 11.5 Å². The Kier molecular flexibility index (Phi) is 6.73. The van der Waals surface area contributed by atoms with Crippen molar-refractivity contribution in [2.45, 2.75) is 44.1 Å². The van der Waals surface area contributed by atoms with Crippen molar-refractivity contribution in [1.29, 1.82) is 0 Å². The summed E-state index contributed by atoms with van der Waals surface area (Å²) >= 11 is 0. The first kappa shape index (κ1) is 22.6. The zero-order valence-electron chi connectivity index (χ0n) is 16.0. The fraction of sp³-hybridized carbons (Fsp3) is 0.444. The second-order valence-corrected chi connectivity index (χ2v) is 8.82. The maximum atomic E-state index is 11.1. The van der Waals surface area contributed by atoms with Gasteiger partial charge >= 0.3 is 7.60 Å². The number of carbonyl (C=O) groups is 1. The third kappa shape index (κ3) is 5.52. The van der Waals surface area contributed by atoms with Crippen LogP contribution < -0.4 is 10.1 Å². The number of aliphatic hydroxyl groups excluding tert-OH is 3. The number of hydrogen-bond acceptors (Lipinski definition) is 8. The molecular formula is C18H23N2O9P. The molecule has 30 heavy (non-hydrogen) atoms. The number of amides is 1. The smallest absolute Gasteiger partial charge is 0.325 e. The number of aliphatic hydroxyl groups is 3. The van der Waals surface area contributed by atoms with E-state index in [1.165, 1.54) is 6.92 Å². The highest BCUT2D eigenvalue weighted by Crippen LogP contribution is 2.37. The van der Waals surface area contributed by atoms with E-state index in [0.29, 0.717) is 16.7 Å². The number of anilines is 1. The van der Waals surface area contributed by atoms with Gasteiger partial charge in [-0.3, -0.25) is 9.36 Å². The molecular weight excluding hydrogens is 419 g/mol. The summed E-state index contributed by atoms with van der Waals surface area (Å²) in [6.07, 6.45) is -8.02. The number of carbonyl (C=O) groups excluding carboxylic acids is 1. The molecule has 12 heteroatoms. The van der Waals surface area contributed by atoms with Crippen LogP contribution in [0.2, 0.25) is 0 Å². The van der Waals surface area contributed by atoms with Crippen molar-refractivity contribution in [1.82, 2.24) is 4.98 Å². The number of aromatic nitrogens is 1. The molecule has 0 aliphatic carbocycles. The molecule has 0 unspecified atom stereocenters. The predicted molar refractivity (Wildman–Crippen MR) is 105 cm³/mol. The minimum absolute atomic E-state index is 0.233. The lowest BCUT2D eigenvalue weighted by atomic mass is 9.97. The Morgan fingerprint density at radius 3 is 2.57 bits per heavy atom. The summed E-state index contributed by atoms with van der Waals surface area (Å²) in [4.78, 5) is 33.5. The zero-order valence-corrected chi connectivity index (χ0v) is 16.8. The fourth-order valence-electron chi connectivity index (χ4n) is 3.11. The Morgan fingerprint density at radius 2 is 1.90 bits per heavy atom. The van der Waals surface area contributed by atoms with Gasteiger partial charge in [0, 0.05) is 12.3 Å². The molecule has 0 spiro atoms. The molecule has 1 aliphatic heterocycles. The molecule has 6 N–H and O–H groups in total. The van der Waals surface area contributed by atoms with E-state index >= 15 is 0 Å². The third-order valence-corrected chi connectivity index (χ3v) is 5.43. The summed E-state index contributed by atoms with van der Waals surface area (Å²) in [6, 6.07) is 8.10. The number of fused-ring (bicyclic) bond motifs is 1. The van der Waals surface area contributed by atoms with Crippen molar-refractivity contribution >= 4 is 30.2 Å². The Morgan fingerprint density at radius 1 is 1.17 bits per heavy atom. The fourth-order valence-corrected chi connectivity index (χ4v) is 3.70. The normalized spacial score (nSPS) is 27.1. The van der Waals surface area contributed by atoms with Crippen LogP contribution >= 0.6 is 7.60 Å². The number of hydrogen-bond donors (Lipinski definition) is 6. The zero-order chi connectivity index (χ0) is 22.1. The lowest BCUT2D eigenvalue weighted by Crippen LogP contribution is -2.59. The average Bonchev–Trinajstić information content (AvgIpc) is 2.66. The molecule has 0 radical (unpaired) electrons. The van der Waals surface area contributed by atoms with Gasteiger partial charge in [-0.15, -0.1) is 0 Å². The van der Waals surface area contributed by atoms with Crippen molar-refractivity contribution < 1.29 is 43.9 Å². The summed E-state index contributed by atoms with van der Waals surface area (Å²) in [5.74, 6) is 0.414. The van der Waals surface area contributed by atoms with Gasteiger partial charge in [-0.25, -0.2) is 4.98 Å². The summed E-state index contributed by atoms with van der Waals surface area (Å²) < 4.78 is 22.2. The number of nitrogens with one attached hydrogen (secondary N) is 1. The second-order valence-electron chi connectivity index (χ2n) is 7.04. The van der Waals surface area contributed by atoms with E-state index in [4.69, 9.17) is 19.3 Å². The largest absolute Gasteiger partial charge is 0.462 e. The van der Waals surface area contributed by atoms with Gasteiger partial charge in [-0.05, 0) is 36.8 Å². The van der Waals surface area contributed by atoms with Crippen molar-refractivity contribution in [3.63, 3.8) is 0 Å². The highest BCUT2D eigenvalue weighted by atomic mass is 31.2. The van der Waals surface area contributed by atoms with Crippen LogP contribution in [0.5, 0.6) is 5.75 Å². The quantitative estimate of drug-likeness (QED) is 0.332. The van der Waals surface area contributed by atoms with E-state index in [1.54, 1.807) is 30.3 Å². The van der Waals surface area contributed by atoms with Crippen LogP contribution in [-0.2, 0) is 14.1 Å². The molecule has 1 saturated heterocycles. The number of benzene rings is 1. The predicted octanol–water partition coefficient (Wildman–Crippen LogP) is -0.0526. The molecule has 164 valence electrons. The van der Waals surface area contributed by atoms with Gasteiger partial charge in [-0.2, -0.15) is 0 Å². The number of ether oxygens (including phenoxy) is 2. The molecule has 1 amide bonds. The maximum Gasteiger partial charge on any atom is 0.325 e. The first-order chi connectivity index (χ1) is 14.0. The van der Waals surface area contributed by atoms with Crippen LogP contribution in [0.4, 0.5) is 5.82 Å².